The average molecular weight is 697 g/mol. The predicted molar refractivity (Wildman–Crippen MR) is 179 cm³/mol. The largest absolute Gasteiger partial charge is 0.457 e. The van der Waals surface area contributed by atoms with Crippen LogP contribution in [0.15, 0.2) is 65.8 Å². The number of esters is 5. The minimum Gasteiger partial charge on any atom is -0.457 e. The summed E-state index contributed by atoms with van der Waals surface area (Å²) in [7, 11) is 0. The van der Waals surface area contributed by atoms with Crippen LogP contribution >= 0.6 is 0 Å². The zero-order valence-corrected chi connectivity index (χ0v) is 30.3. The number of carbonyl (C=O) groups is 5. The third-order valence-corrected chi connectivity index (χ3v) is 9.80. The molecular weight excluding hydrogens is 648 g/mol. The van der Waals surface area contributed by atoms with Gasteiger partial charge in [0.25, 0.3) is 0 Å². The Balaban J connectivity index is 2.11. The van der Waals surface area contributed by atoms with Gasteiger partial charge >= 0.3 is 29.8 Å². The Morgan fingerprint density at radius 3 is 2.00 bits per heavy atom. The molecule has 1 aliphatic carbocycles. The van der Waals surface area contributed by atoms with Crippen LogP contribution < -0.4 is 0 Å². The Kier molecular flexibility index (Phi) is 10.9. The number of aliphatic hydroxyl groups is 1. The van der Waals surface area contributed by atoms with Gasteiger partial charge in [0.15, 0.2) is 23.9 Å². The van der Waals surface area contributed by atoms with E-state index in [1.165, 1.54) is 26.8 Å². The molecule has 2 heterocycles. The topological polar surface area (TPSA) is 161 Å². The van der Waals surface area contributed by atoms with E-state index in [-0.39, 0.29) is 23.1 Å². The molecule has 0 amide bonds. The number of benzene rings is 1. The summed E-state index contributed by atoms with van der Waals surface area (Å²) in [4.78, 5) is 65.4. The fourth-order valence-corrected chi connectivity index (χ4v) is 7.21. The lowest BCUT2D eigenvalue weighted by molar-refractivity contribution is -0.285. The van der Waals surface area contributed by atoms with E-state index in [0.717, 1.165) is 6.92 Å². The molecule has 0 radical (unpaired) electrons. The van der Waals surface area contributed by atoms with Crippen molar-refractivity contribution in [2.75, 3.05) is 0 Å². The predicted octanol–water partition coefficient (Wildman–Crippen LogP) is 4.93. The van der Waals surface area contributed by atoms with E-state index in [0.29, 0.717) is 0 Å². The first kappa shape index (κ1) is 38.5. The normalized spacial score (nSPS) is 34.7. The lowest BCUT2D eigenvalue weighted by Gasteiger charge is -2.41. The van der Waals surface area contributed by atoms with Gasteiger partial charge in [0.2, 0.25) is 5.79 Å². The monoisotopic (exact) mass is 696 g/mol. The molecule has 0 spiro atoms. The molecule has 1 aromatic carbocycles. The van der Waals surface area contributed by atoms with Crippen molar-refractivity contribution in [2.24, 2.45) is 17.3 Å². The van der Waals surface area contributed by atoms with Crippen LogP contribution in [0.3, 0.4) is 0 Å². The maximum absolute atomic E-state index is 13.6. The number of carbonyl (C=O) groups excluding carboxylic acids is 5. The molecule has 1 aromatic rings. The minimum atomic E-state index is -2.32. The molecule has 4 rings (SSSR count). The highest BCUT2D eigenvalue weighted by molar-refractivity contribution is 5.90. The van der Waals surface area contributed by atoms with E-state index in [2.05, 4.69) is 0 Å². The van der Waals surface area contributed by atoms with Crippen molar-refractivity contribution in [2.45, 2.75) is 117 Å². The second-order valence-corrected chi connectivity index (χ2v) is 14.2. The van der Waals surface area contributed by atoms with Gasteiger partial charge in [0.05, 0.1) is 5.56 Å². The Labute approximate surface area is 292 Å². The number of fused-ring (bicyclic) bond motifs is 3. The Morgan fingerprint density at radius 1 is 0.840 bits per heavy atom. The fraction of sp³-hybridized carbons (Fsp3) is 0.553. The maximum Gasteiger partial charge on any atom is 0.338 e. The number of ether oxygens (including phenoxy) is 6. The number of allylic oxidation sites excluding steroid dienone is 1. The molecule has 12 nitrogen and oxygen atoms in total. The van der Waals surface area contributed by atoms with Crippen molar-refractivity contribution < 1.29 is 57.5 Å². The highest BCUT2D eigenvalue weighted by atomic mass is 16.7. The smallest absolute Gasteiger partial charge is 0.338 e. The van der Waals surface area contributed by atoms with Gasteiger partial charge in [-0.1, -0.05) is 64.1 Å². The van der Waals surface area contributed by atoms with E-state index >= 15 is 0 Å². The third-order valence-electron chi connectivity index (χ3n) is 9.80. The minimum absolute atomic E-state index is 0.0422. The average Bonchev–Trinajstić information content (AvgIpc) is 3.39. The summed E-state index contributed by atoms with van der Waals surface area (Å²) in [6.07, 6.45) is 1.08. The summed E-state index contributed by atoms with van der Waals surface area (Å²) in [5, 5.41) is 12.5. The van der Waals surface area contributed by atoms with Crippen molar-refractivity contribution >= 4 is 29.8 Å². The number of rotatable bonds is 7. The van der Waals surface area contributed by atoms with Gasteiger partial charge < -0.3 is 33.5 Å². The fourth-order valence-electron chi connectivity index (χ4n) is 7.21. The van der Waals surface area contributed by atoms with Crippen molar-refractivity contribution in [1.29, 1.82) is 0 Å². The van der Waals surface area contributed by atoms with E-state index in [1.54, 1.807) is 90.1 Å². The first-order chi connectivity index (χ1) is 23.2. The van der Waals surface area contributed by atoms with Crippen molar-refractivity contribution in [1.82, 2.24) is 0 Å². The molecule has 2 aliphatic heterocycles. The van der Waals surface area contributed by atoms with Crippen LogP contribution in [0.5, 0.6) is 0 Å². The van der Waals surface area contributed by atoms with Gasteiger partial charge in [0, 0.05) is 55.6 Å². The molecule has 9 atom stereocenters. The van der Waals surface area contributed by atoms with Crippen molar-refractivity contribution in [3.8, 4) is 0 Å². The van der Waals surface area contributed by atoms with Gasteiger partial charge in [-0.15, -0.1) is 0 Å². The van der Waals surface area contributed by atoms with Crippen LogP contribution in [0.1, 0.15) is 86.0 Å². The molecule has 2 fully saturated rings. The second kappa shape index (κ2) is 14.1. The Hall–Kier alpha value is -4.29. The van der Waals surface area contributed by atoms with Crippen molar-refractivity contribution in [3.63, 3.8) is 0 Å². The highest BCUT2D eigenvalue weighted by Gasteiger charge is 2.70. The standard InChI is InChI=1S/C38H48O12/c1-11-21(2)33(42)48-31-32(46-25(6)40)38(44)35(8,9)18-17-22(3)30(45-24(5)39)37(49-26(7)41)19-23(4)29(28(37)20-36(31,10)50-38)47-34(43)27-15-13-12-14-16-27/h11-18,20,22-23,29-32,44H,19H2,1-10H3/t22-,23+,29+,30+,31-,32+,36-,37-,38-/m1/s1. The van der Waals surface area contributed by atoms with Crippen LogP contribution in [-0.2, 0) is 47.6 Å². The molecule has 1 saturated carbocycles. The van der Waals surface area contributed by atoms with Crippen LogP contribution in [0.4, 0.5) is 0 Å². The molecule has 12 heteroatoms. The van der Waals surface area contributed by atoms with Crippen molar-refractivity contribution in [3.05, 3.63) is 71.3 Å². The molecule has 3 aliphatic rings. The molecular formula is C38H48O12. The molecule has 1 N–H and O–H groups in total. The molecule has 0 unspecified atom stereocenters. The summed E-state index contributed by atoms with van der Waals surface area (Å²) in [5.41, 5.74) is -4.25. The maximum atomic E-state index is 13.6. The number of hydrogen-bond donors (Lipinski definition) is 1. The molecule has 50 heavy (non-hydrogen) atoms. The summed E-state index contributed by atoms with van der Waals surface area (Å²) in [6, 6.07) is 8.31. The van der Waals surface area contributed by atoms with E-state index < -0.39 is 88.5 Å². The summed E-state index contributed by atoms with van der Waals surface area (Å²) in [5.74, 6) is -7.08. The van der Waals surface area contributed by atoms with E-state index in [4.69, 9.17) is 28.4 Å². The second-order valence-electron chi connectivity index (χ2n) is 14.2. The number of hydrogen-bond acceptors (Lipinski definition) is 12. The lowest BCUT2D eigenvalue weighted by atomic mass is 9.75. The quantitative estimate of drug-likeness (QED) is 0.177. The van der Waals surface area contributed by atoms with Crippen LogP contribution in [0.2, 0.25) is 0 Å². The van der Waals surface area contributed by atoms with Crippen LogP contribution in [0.25, 0.3) is 0 Å². The van der Waals surface area contributed by atoms with Gasteiger partial charge in [-0.3, -0.25) is 14.4 Å². The van der Waals surface area contributed by atoms with Gasteiger partial charge in [-0.2, -0.15) is 0 Å². The van der Waals surface area contributed by atoms with Crippen LogP contribution in [0, 0.1) is 17.3 Å². The molecule has 272 valence electrons. The SMILES string of the molecule is CC=C(C)C(=O)O[C@@H]1[C@H](OC(C)=O)[C@@]2(O)O[C@]1(C)C=C1[C@@H](OC(=O)c3ccccc3)[C@@H](C)C[C@]1(OC(C)=O)[C@@H](OC(C)=O)[C@H](C)C=CC2(C)C. The first-order valence-corrected chi connectivity index (χ1v) is 16.7. The molecule has 0 aromatic heterocycles. The van der Waals surface area contributed by atoms with Gasteiger partial charge in [0.1, 0.15) is 11.7 Å². The van der Waals surface area contributed by atoms with Gasteiger partial charge in [-0.25, -0.2) is 9.59 Å². The molecule has 1 saturated heterocycles. The molecule has 2 bridgehead atoms. The van der Waals surface area contributed by atoms with E-state index in [9.17, 15) is 29.1 Å². The van der Waals surface area contributed by atoms with E-state index in [1.807, 2.05) is 0 Å². The third kappa shape index (κ3) is 7.14. The van der Waals surface area contributed by atoms with Crippen LogP contribution in [-0.4, -0.2) is 76.4 Å². The Morgan fingerprint density at radius 2 is 1.44 bits per heavy atom. The summed E-state index contributed by atoms with van der Waals surface area (Å²) >= 11 is 0. The zero-order valence-electron chi connectivity index (χ0n) is 30.3. The zero-order chi connectivity index (χ0) is 37.4. The summed E-state index contributed by atoms with van der Waals surface area (Å²) in [6.45, 7) is 15.2. The Bertz CT molecular complexity index is 1610. The summed E-state index contributed by atoms with van der Waals surface area (Å²) < 4.78 is 36.7. The first-order valence-electron chi connectivity index (χ1n) is 16.7. The lowest BCUT2D eigenvalue weighted by Crippen LogP contribution is -2.56. The van der Waals surface area contributed by atoms with Gasteiger partial charge in [-0.05, 0) is 39.0 Å². The highest BCUT2D eigenvalue weighted by Crippen LogP contribution is 2.55.